The molecule has 0 spiro atoms. The molecule has 24 heavy (non-hydrogen) atoms. The molecule has 1 aromatic heterocycles. The molecule has 0 aliphatic carbocycles. The number of rotatable bonds is 3. The summed E-state index contributed by atoms with van der Waals surface area (Å²) in [5.74, 6) is -0.0913. The van der Waals surface area contributed by atoms with Crippen molar-refractivity contribution < 1.29 is 38.0 Å². The second-order valence-electron chi connectivity index (χ2n) is 7.63. The predicted octanol–water partition coefficient (Wildman–Crippen LogP) is 0.0274. The fraction of sp³-hybridized carbons (Fsp3) is 0.526. The van der Waals surface area contributed by atoms with Crippen LogP contribution in [0.5, 0.6) is 0 Å². The van der Waals surface area contributed by atoms with Crippen LogP contribution in [0.2, 0.25) is 0 Å². The molecule has 4 nitrogen and oxygen atoms in total. The Morgan fingerprint density at radius 1 is 1.21 bits per heavy atom. The molecule has 2 unspecified atom stereocenters. The van der Waals surface area contributed by atoms with E-state index in [1.807, 2.05) is 24.4 Å². The Morgan fingerprint density at radius 3 is 2.58 bits per heavy atom. The average molecular weight is 440 g/mol. The minimum atomic E-state index is -0.0913. The number of esters is 1. The van der Waals surface area contributed by atoms with Crippen LogP contribution in [0.1, 0.15) is 31.2 Å². The number of ether oxygens (including phenoxy) is 1. The van der Waals surface area contributed by atoms with E-state index < -0.39 is 0 Å². The SMILES string of the molecule is C[N+]1(C)C2CCC1CC(OC(=O)Cc1c[nH]c3ccccc13)C2.[I-]. The van der Waals surface area contributed by atoms with E-state index in [-0.39, 0.29) is 36.0 Å². The number of para-hydroxylation sites is 1. The second kappa shape index (κ2) is 6.67. The van der Waals surface area contributed by atoms with E-state index in [1.165, 1.54) is 12.8 Å². The Morgan fingerprint density at radius 2 is 1.88 bits per heavy atom. The molecule has 4 rings (SSSR count). The van der Waals surface area contributed by atoms with Crippen LogP contribution in [-0.2, 0) is 16.0 Å². The summed E-state index contributed by atoms with van der Waals surface area (Å²) in [6.45, 7) is 0. The first-order valence-corrected chi connectivity index (χ1v) is 8.62. The van der Waals surface area contributed by atoms with Gasteiger partial charge in [0.15, 0.2) is 0 Å². The molecule has 2 bridgehead atoms. The van der Waals surface area contributed by atoms with Gasteiger partial charge in [0.25, 0.3) is 0 Å². The monoisotopic (exact) mass is 440 g/mol. The molecule has 2 saturated heterocycles. The van der Waals surface area contributed by atoms with Gasteiger partial charge in [0.2, 0.25) is 0 Å². The maximum Gasteiger partial charge on any atom is 0.310 e. The number of carbonyl (C=O) groups is 1. The van der Waals surface area contributed by atoms with Crippen molar-refractivity contribution in [3.63, 3.8) is 0 Å². The van der Waals surface area contributed by atoms with Gasteiger partial charge in [0, 0.05) is 42.8 Å². The smallest absolute Gasteiger partial charge is 0.310 e. The van der Waals surface area contributed by atoms with Crippen LogP contribution in [0.3, 0.4) is 0 Å². The third-order valence-electron chi connectivity index (χ3n) is 6.09. The van der Waals surface area contributed by atoms with E-state index in [9.17, 15) is 4.79 Å². The lowest BCUT2D eigenvalue weighted by molar-refractivity contribution is -0.931. The lowest BCUT2D eigenvalue weighted by atomic mass is 9.98. The van der Waals surface area contributed by atoms with Crippen molar-refractivity contribution in [2.75, 3.05) is 14.1 Å². The number of nitrogens with one attached hydrogen (secondary N) is 1. The van der Waals surface area contributed by atoms with Crippen molar-refractivity contribution in [2.24, 2.45) is 0 Å². The van der Waals surface area contributed by atoms with Gasteiger partial charge in [-0.05, 0) is 11.6 Å². The third-order valence-corrected chi connectivity index (χ3v) is 6.09. The highest BCUT2D eigenvalue weighted by molar-refractivity contribution is 5.87. The van der Waals surface area contributed by atoms with Gasteiger partial charge in [-0.15, -0.1) is 0 Å². The van der Waals surface area contributed by atoms with Crippen molar-refractivity contribution in [3.05, 3.63) is 36.0 Å². The number of H-pyrrole nitrogens is 1. The van der Waals surface area contributed by atoms with Gasteiger partial charge in [-0.3, -0.25) is 4.79 Å². The molecule has 2 aromatic rings. The van der Waals surface area contributed by atoms with E-state index in [0.717, 1.165) is 33.8 Å². The van der Waals surface area contributed by atoms with Gasteiger partial charge in [-0.25, -0.2) is 0 Å². The summed E-state index contributed by atoms with van der Waals surface area (Å²) in [4.78, 5) is 15.6. The van der Waals surface area contributed by atoms with Crippen LogP contribution in [0.15, 0.2) is 30.5 Å². The highest BCUT2D eigenvalue weighted by Crippen LogP contribution is 2.40. The molecule has 2 aliphatic heterocycles. The van der Waals surface area contributed by atoms with Crippen LogP contribution in [0, 0.1) is 0 Å². The van der Waals surface area contributed by atoms with Crippen molar-refractivity contribution in [1.82, 2.24) is 4.98 Å². The van der Waals surface area contributed by atoms with Crippen molar-refractivity contribution in [2.45, 2.75) is 50.3 Å². The zero-order chi connectivity index (χ0) is 16.0. The second-order valence-corrected chi connectivity index (χ2v) is 7.63. The number of aromatic amines is 1. The maximum atomic E-state index is 12.4. The fourth-order valence-corrected chi connectivity index (χ4v) is 4.59. The Balaban J connectivity index is 0.00000169. The standard InChI is InChI=1S/C19H25N2O2.HI/c1-21(2)14-7-8-15(21)11-16(10-14)23-19(22)9-13-12-20-18-6-4-3-5-17(13)18;/h3-6,12,14-16,20H,7-11H2,1-2H3;1H/q+1;/p-1. The minimum absolute atomic E-state index is 0. The first-order chi connectivity index (χ1) is 11.0. The van der Waals surface area contributed by atoms with E-state index in [0.29, 0.717) is 18.5 Å². The number of benzene rings is 1. The Labute approximate surface area is 160 Å². The number of fused-ring (bicyclic) bond motifs is 3. The molecule has 130 valence electrons. The van der Waals surface area contributed by atoms with Gasteiger partial charge in [0.05, 0.1) is 32.6 Å². The normalized spacial score (nSPS) is 27.7. The Kier molecular flexibility index (Phi) is 4.93. The van der Waals surface area contributed by atoms with Crippen LogP contribution in [0.4, 0.5) is 0 Å². The summed E-state index contributed by atoms with van der Waals surface area (Å²) in [7, 11) is 4.65. The molecule has 2 aliphatic rings. The van der Waals surface area contributed by atoms with Crippen molar-refractivity contribution in [1.29, 1.82) is 0 Å². The molecular weight excluding hydrogens is 415 g/mol. The molecule has 2 atom stereocenters. The van der Waals surface area contributed by atoms with Crippen LogP contribution >= 0.6 is 0 Å². The summed E-state index contributed by atoms with van der Waals surface area (Å²) in [6.07, 6.45) is 6.97. The quantitative estimate of drug-likeness (QED) is 0.416. The number of quaternary nitrogens is 1. The molecule has 3 heterocycles. The number of carbonyl (C=O) groups excluding carboxylic acids is 1. The number of hydrogen-bond donors (Lipinski definition) is 1. The average Bonchev–Trinajstić information content (AvgIpc) is 2.93. The van der Waals surface area contributed by atoms with E-state index in [4.69, 9.17) is 4.74 Å². The Hall–Kier alpha value is -1.08. The molecule has 0 saturated carbocycles. The molecule has 5 heteroatoms. The summed E-state index contributed by atoms with van der Waals surface area (Å²) in [6, 6.07) is 9.39. The van der Waals surface area contributed by atoms with E-state index in [2.05, 4.69) is 25.1 Å². The summed E-state index contributed by atoms with van der Waals surface area (Å²) < 4.78 is 6.93. The summed E-state index contributed by atoms with van der Waals surface area (Å²) in [5.41, 5.74) is 2.10. The lowest BCUT2D eigenvalue weighted by Gasteiger charge is -2.43. The zero-order valence-electron chi connectivity index (χ0n) is 14.3. The highest BCUT2D eigenvalue weighted by Gasteiger charge is 2.49. The van der Waals surface area contributed by atoms with E-state index in [1.54, 1.807) is 0 Å². The third kappa shape index (κ3) is 3.08. The first-order valence-electron chi connectivity index (χ1n) is 8.62. The van der Waals surface area contributed by atoms with E-state index >= 15 is 0 Å². The summed E-state index contributed by atoms with van der Waals surface area (Å²) in [5, 5.41) is 1.12. The van der Waals surface area contributed by atoms with Gasteiger partial charge in [-0.1, -0.05) is 18.2 Å². The molecule has 1 N–H and O–H groups in total. The van der Waals surface area contributed by atoms with Crippen LogP contribution in [-0.4, -0.2) is 47.7 Å². The van der Waals surface area contributed by atoms with Gasteiger partial charge in [-0.2, -0.15) is 0 Å². The predicted molar refractivity (Wildman–Crippen MR) is 90.0 cm³/mol. The van der Waals surface area contributed by atoms with Gasteiger partial charge in [0.1, 0.15) is 6.10 Å². The number of aromatic nitrogens is 1. The molecule has 2 fully saturated rings. The van der Waals surface area contributed by atoms with Gasteiger partial charge >= 0.3 is 5.97 Å². The number of piperidine rings is 1. The van der Waals surface area contributed by atoms with Gasteiger partial charge < -0.3 is 38.2 Å². The maximum absolute atomic E-state index is 12.4. The number of nitrogens with zero attached hydrogens (tertiary/aromatic N) is 1. The fourth-order valence-electron chi connectivity index (χ4n) is 4.59. The first kappa shape index (κ1) is 17.7. The highest BCUT2D eigenvalue weighted by atomic mass is 127. The molecule has 1 aromatic carbocycles. The molecular formula is C19H25IN2O2. The topological polar surface area (TPSA) is 42.1 Å². The molecule has 0 amide bonds. The van der Waals surface area contributed by atoms with Crippen molar-refractivity contribution >= 4 is 16.9 Å². The summed E-state index contributed by atoms with van der Waals surface area (Å²) >= 11 is 0. The zero-order valence-corrected chi connectivity index (χ0v) is 16.5. The lowest BCUT2D eigenvalue weighted by Crippen LogP contribution is -3.00. The minimum Gasteiger partial charge on any atom is -1.00 e. The van der Waals surface area contributed by atoms with Crippen LogP contribution in [0.25, 0.3) is 10.9 Å². The van der Waals surface area contributed by atoms with Crippen LogP contribution < -0.4 is 24.0 Å². The number of hydrogen-bond acceptors (Lipinski definition) is 2. The Bertz CT molecular complexity index is 724. The molecule has 0 radical (unpaired) electrons. The largest absolute Gasteiger partial charge is 1.00 e. The van der Waals surface area contributed by atoms with Crippen molar-refractivity contribution in [3.8, 4) is 0 Å². The number of halogens is 1.